The standard InChI is InChI=1S/C15H15ClO3/c1-10-7-8-15(13(10)17,14(18)19-2)9-11-3-5-12(16)6-4-11/h3-7H,8-9H2,1-2H3. The average molecular weight is 279 g/mol. The summed E-state index contributed by atoms with van der Waals surface area (Å²) in [5, 5.41) is 0.628. The van der Waals surface area contributed by atoms with Crippen LogP contribution >= 0.6 is 11.6 Å². The van der Waals surface area contributed by atoms with Gasteiger partial charge in [0, 0.05) is 5.02 Å². The molecule has 3 nitrogen and oxygen atoms in total. The Balaban J connectivity index is 2.33. The molecule has 1 aliphatic carbocycles. The molecule has 0 bridgehead atoms. The number of benzene rings is 1. The summed E-state index contributed by atoms with van der Waals surface area (Å²) < 4.78 is 4.83. The first-order chi connectivity index (χ1) is 8.99. The zero-order chi connectivity index (χ0) is 14.0. The second kappa shape index (κ2) is 5.17. The second-order valence-corrected chi connectivity index (χ2v) is 5.23. The van der Waals surface area contributed by atoms with Crippen molar-refractivity contribution in [3.05, 3.63) is 46.5 Å². The molecule has 1 aliphatic rings. The molecule has 0 spiro atoms. The Morgan fingerprint density at radius 2 is 2.00 bits per heavy atom. The molecule has 100 valence electrons. The molecule has 0 saturated heterocycles. The van der Waals surface area contributed by atoms with Crippen molar-refractivity contribution in [3.8, 4) is 0 Å². The summed E-state index contributed by atoms with van der Waals surface area (Å²) in [6.07, 6.45) is 2.53. The molecule has 1 unspecified atom stereocenters. The molecule has 0 amide bonds. The van der Waals surface area contributed by atoms with Crippen LogP contribution in [0, 0.1) is 5.41 Å². The number of carbonyl (C=O) groups is 2. The summed E-state index contributed by atoms with van der Waals surface area (Å²) in [5.74, 6) is -0.616. The molecule has 1 aromatic carbocycles. The number of hydrogen-bond donors (Lipinski definition) is 0. The minimum absolute atomic E-state index is 0.144. The van der Waals surface area contributed by atoms with Gasteiger partial charge in [-0.3, -0.25) is 9.59 Å². The van der Waals surface area contributed by atoms with E-state index in [1.165, 1.54) is 7.11 Å². The molecule has 0 aliphatic heterocycles. The van der Waals surface area contributed by atoms with Crippen LogP contribution in [0.3, 0.4) is 0 Å². The van der Waals surface area contributed by atoms with Crippen molar-refractivity contribution in [1.82, 2.24) is 0 Å². The number of esters is 1. The van der Waals surface area contributed by atoms with E-state index in [-0.39, 0.29) is 5.78 Å². The molecule has 0 heterocycles. The average Bonchev–Trinajstić information content (AvgIpc) is 2.70. The Bertz CT molecular complexity index is 545. The van der Waals surface area contributed by atoms with Crippen molar-refractivity contribution < 1.29 is 14.3 Å². The van der Waals surface area contributed by atoms with Crippen LogP contribution in [0.4, 0.5) is 0 Å². The SMILES string of the molecule is COC(=O)C1(Cc2ccc(Cl)cc2)CC=C(C)C1=O. The third-order valence-electron chi connectivity index (χ3n) is 3.54. The maximum absolute atomic E-state index is 12.3. The van der Waals surface area contributed by atoms with E-state index < -0.39 is 11.4 Å². The molecule has 0 saturated carbocycles. The lowest BCUT2D eigenvalue weighted by Crippen LogP contribution is -2.39. The van der Waals surface area contributed by atoms with Crippen LogP contribution in [0.5, 0.6) is 0 Å². The van der Waals surface area contributed by atoms with Gasteiger partial charge in [0.05, 0.1) is 7.11 Å². The highest BCUT2D eigenvalue weighted by Gasteiger charge is 2.49. The molecule has 0 aromatic heterocycles. The summed E-state index contributed by atoms with van der Waals surface area (Å²) in [4.78, 5) is 24.4. The highest BCUT2D eigenvalue weighted by molar-refractivity contribution is 6.30. The smallest absolute Gasteiger partial charge is 0.320 e. The largest absolute Gasteiger partial charge is 0.468 e. The van der Waals surface area contributed by atoms with Gasteiger partial charge in [-0.2, -0.15) is 0 Å². The van der Waals surface area contributed by atoms with Gasteiger partial charge in [-0.15, -0.1) is 0 Å². The fourth-order valence-electron chi connectivity index (χ4n) is 2.44. The van der Waals surface area contributed by atoms with Crippen LogP contribution in [0.2, 0.25) is 5.02 Å². The van der Waals surface area contributed by atoms with Gasteiger partial charge in [0.15, 0.2) is 5.78 Å². The fraction of sp³-hybridized carbons (Fsp3) is 0.333. The van der Waals surface area contributed by atoms with Crippen molar-refractivity contribution in [1.29, 1.82) is 0 Å². The molecular weight excluding hydrogens is 264 g/mol. The Hall–Kier alpha value is -1.61. The number of hydrogen-bond acceptors (Lipinski definition) is 3. The molecule has 4 heteroatoms. The lowest BCUT2D eigenvalue weighted by molar-refractivity contribution is -0.156. The zero-order valence-corrected chi connectivity index (χ0v) is 11.7. The fourth-order valence-corrected chi connectivity index (χ4v) is 2.56. The van der Waals surface area contributed by atoms with E-state index >= 15 is 0 Å². The number of methoxy groups -OCH3 is 1. The van der Waals surface area contributed by atoms with E-state index in [4.69, 9.17) is 16.3 Å². The van der Waals surface area contributed by atoms with Crippen molar-refractivity contribution in [3.63, 3.8) is 0 Å². The van der Waals surface area contributed by atoms with E-state index in [0.29, 0.717) is 23.4 Å². The minimum atomic E-state index is -1.10. The van der Waals surface area contributed by atoms with Gasteiger partial charge < -0.3 is 4.74 Å². The van der Waals surface area contributed by atoms with Gasteiger partial charge >= 0.3 is 5.97 Å². The summed E-state index contributed by atoms with van der Waals surface area (Å²) in [6, 6.07) is 7.16. The summed E-state index contributed by atoms with van der Waals surface area (Å²) in [5.41, 5.74) is 0.415. The van der Waals surface area contributed by atoms with Gasteiger partial charge in [-0.05, 0) is 43.0 Å². The molecule has 0 fully saturated rings. The Labute approximate surface area is 117 Å². The summed E-state index contributed by atoms with van der Waals surface area (Å²) in [7, 11) is 1.31. The van der Waals surface area contributed by atoms with E-state index in [0.717, 1.165) is 5.56 Å². The Morgan fingerprint density at radius 3 is 2.47 bits per heavy atom. The first kappa shape index (κ1) is 13.8. The van der Waals surface area contributed by atoms with Crippen molar-refractivity contribution in [2.24, 2.45) is 5.41 Å². The highest BCUT2D eigenvalue weighted by atomic mass is 35.5. The van der Waals surface area contributed by atoms with Crippen LogP contribution in [0.1, 0.15) is 18.9 Å². The molecule has 19 heavy (non-hydrogen) atoms. The van der Waals surface area contributed by atoms with E-state index in [2.05, 4.69) is 0 Å². The van der Waals surface area contributed by atoms with Gasteiger partial charge in [0.25, 0.3) is 0 Å². The monoisotopic (exact) mass is 278 g/mol. The maximum Gasteiger partial charge on any atom is 0.320 e. The van der Waals surface area contributed by atoms with Crippen molar-refractivity contribution in [2.75, 3.05) is 7.11 Å². The molecule has 0 radical (unpaired) electrons. The number of rotatable bonds is 3. The zero-order valence-electron chi connectivity index (χ0n) is 10.9. The van der Waals surface area contributed by atoms with Crippen molar-refractivity contribution >= 4 is 23.4 Å². The quantitative estimate of drug-likeness (QED) is 0.631. The molecule has 1 atom stereocenters. The molecule has 1 aromatic rings. The number of ketones is 1. The maximum atomic E-state index is 12.3. The molecule has 2 rings (SSSR count). The van der Waals surface area contributed by atoms with E-state index in [9.17, 15) is 9.59 Å². The highest BCUT2D eigenvalue weighted by Crippen LogP contribution is 2.38. The number of Topliss-reactive ketones (excluding diaryl/α,β-unsaturated/α-hetero) is 1. The Morgan fingerprint density at radius 1 is 1.37 bits per heavy atom. The number of ether oxygens (including phenoxy) is 1. The minimum Gasteiger partial charge on any atom is -0.468 e. The van der Waals surface area contributed by atoms with Gasteiger partial charge in [-0.25, -0.2) is 0 Å². The number of carbonyl (C=O) groups excluding carboxylic acids is 2. The van der Waals surface area contributed by atoms with E-state index in [1.54, 1.807) is 25.1 Å². The van der Waals surface area contributed by atoms with Crippen LogP contribution in [-0.4, -0.2) is 18.9 Å². The van der Waals surface area contributed by atoms with Crippen LogP contribution < -0.4 is 0 Å². The molecule has 0 N–H and O–H groups in total. The first-order valence-corrected chi connectivity index (χ1v) is 6.42. The van der Waals surface area contributed by atoms with Crippen LogP contribution in [0.15, 0.2) is 35.9 Å². The third kappa shape index (κ3) is 2.43. The summed E-state index contributed by atoms with van der Waals surface area (Å²) in [6.45, 7) is 1.73. The number of halogens is 1. The van der Waals surface area contributed by atoms with Crippen LogP contribution in [-0.2, 0) is 20.7 Å². The normalized spacial score (nSPS) is 22.3. The Kier molecular flexibility index (Phi) is 3.76. The number of allylic oxidation sites excluding steroid dienone is 2. The lowest BCUT2D eigenvalue weighted by atomic mass is 9.77. The van der Waals surface area contributed by atoms with E-state index in [1.807, 2.05) is 12.1 Å². The van der Waals surface area contributed by atoms with Gasteiger partial charge in [0.2, 0.25) is 0 Å². The topological polar surface area (TPSA) is 43.4 Å². The van der Waals surface area contributed by atoms with Gasteiger partial charge in [-0.1, -0.05) is 29.8 Å². The predicted molar refractivity (Wildman–Crippen MR) is 73.0 cm³/mol. The summed E-state index contributed by atoms with van der Waals surface area (Å²) >= 11 is 5.84. The predicted octanol–water partition coefficient (Wildman–Crippen LogP) is 2.96. The van der Waals surface area contributed by atoms with Crippen molar-refractivity contribution in [2.45, 2.75) is 19.8 Å². The lowest BCUT2D eigenvalue weighted by Gasteiger charge is -2.24. The van der Waals surface area contributed by atoms with Crippen LogP contribution in [0.25, 0.3) is 0 Å². The molecular formula is C15H15ClO3. The first-order valence-electron chi connectivity index (χ1n) is 6.04. The third-order valence-corrected chi connectivity index (χ3v) is 3.80. The second-order valence-electron chi connectivity index (χ2n) is 4.80. The van der Waals surface area contributed by atoms with Gasteiger partial charge in [0.1, 0.15) is 5.41 Å².